The number of benzene rings is 2. The molecule has 1 aliphatic carbocycles. The van der Waals surface area contributed by atoms with E-state index >= 15 is 0 Å². The minimum atomic E-state index is -0.903. The maximum Gasteiger partial charge on any atom is 0.222 e. The molecule has 1 aliphatic heterocycles. The van der Waals surface area contributed by atoms with Gasteiger partial charge in [0.05, 0.1) is 5.60 Å². The second kappa shape index (κ2) is 11.6. The number of unbranched alkanes of at least 4 members (excludes halogenated alkanes) is 2. The van der Waals surface area contributed by atoms with Gasteiger partial charge < -0.3 is 15.1 Å². The fraction of sp³-hybridized carbons (Fsp3) is 0.516. The van der Waals surface area contributed by atoms with Gasteiger partial charge in [0.25, 0.3) is 0 Å². The van der Waals surface area contributed by atoms with E-state index in [2.05, 4.69) is 35.7 Å². The van der Waals surface area contributed by atoms with Crippen molar-refractivity contribution < 1.29 is 15.0 Å². The lowest BCUT2D eigenvalue weighted by Gasteiger charge is -2.59. The number of carbonyl (C=O) groups is 1. The van der Waals surface area contributed by atoms with Gasteiger partial charge in [-0.05, 0) is 74.8 Å². The predicted octanol–water partition coefficient (Wildman–Crippen LogP) is 5.07. The van der Waals surface area contributed by atoms with Crippen LogP contribution in [0.3, 0.4) is 0 Å². The Kier molecular flexibility index (Phi) is 8.53. The van der Waals surface area contributed by atoms with Gasteiger partial charge in [-0.15, -0.1) is 6.58 Å². The van der Waals surface area contributed by atoms with Crippen molar-refractivity contribution in [3.05, 3.63) is 78.4 Å². The third kappa shape index (κ3) is 5.68. The summed E-state index contributed by atoms with van der Waals surface area (Å²) in [5, 5.41) is 22.3. The zero-order valence-electron chi connectivity index (χ0n) is 21.7. The molecule has 5 heteroatoms. The van der Waals surface area contributed by atoms with Gasteiger partial charge in [0.15, 0.2) is 0 Å². The van der Waals surface area contributed by atoms with Crippen LogP contribution in [0.25, 0.3) is 0 Å². The van der Waals surface area contributed by atoms with Crippen molar-refractivity contribution in [2.45, 2.75) is 74.8 Å². The highest BCUT2D eigenvalue weighted by Gasteiger charge is 2.58. The van der Waals surface area contributed by atoms with Crippen molar-refractivity contribution in [2.75, 3.05) is 26.7 Å². The highest BCUT2D eigenvalue weighted by Crippen LogP contribution is 2.52. The molecule has 5 nitrogen and oxygen atoms in total. The van der Waals surface area contributed by atoms with E-state index in [1.807, 2.05) is 42.3 Å². The standard InChI is InChI=1S/C31H42N2O3/c1-3-20-33-21-19-30(26-14-10-15-28(34)22-26)23-27(17-18-31(30,36)24-33)32(2)29(35)16-9-5-8-13-25-11-6-4-7-12-25/h3-4,6-7,10-12,14-15,22,27,34,36H,1,5,8-9,13,16-21,23-24H2,2H3/t27-,30-,31-/m0/s1. The van der Waals surface area contributed by atoms with Crippen LogP contribution in [0.15, 0.2) is 67.3 Å². The van der Waals surface area contributed by atoms with Gasteiger partial charge in [-0.2, -0.15) is 0 Å². The van der Waals surface area contributed by atoms with Crippen molar-refractivity contribution in [1.29, 1.82) is 0 Å². The molecule has 36 heavy (non-hydrogen) atoms. The minimum absolute atomic E-state index is 0.0791. The van der Waals surface area contributed by atoms with Crippen molar-refractivity contribution >= 4 is 5.91 Å². The van der Waals surface area contributed by atoms with Gasteiger partial charge in [-0.1, -0.05) is 55.0 Å². The zero-order chi connectivity index (χ0) is 25.6. The highest BCUT2D eigenvalue weighted by molar-refractivity contribution is 5.76. The summed E-state index contributed by atoms with van der Waals surface area (Å²) in [6.45, 7) is 6.07. The normalized spacial score (nSPS) is 26.2. The Morgan fingerprint density at radius 3 is 2.69 bits per heavy atom. The van der Waals surface area contributed by atoms with Crippen LogP contribution in [-0.4, -0.2) is 64.2 Å². The average Bonchev–Trinajstić information content (AvgIpc) is 2.88. The molecule has 2 aromatic rings. The van der Waals surface area contributed by atoms with Gasteiger partial charge in [-0.3, -0.25) is 9.69 Å². The number of amides is 1. The molecule has 0 spiro atoms. The van der Waals surface area contributed by atoms with E-state index in [1.165, 1.54) is 5.56 Å². The van der Waals surface area contributed by atoms with Crippen LogP contribution < -0.4 is 0 Å². The lowest BCUT2D eigenvalue weighted by Crippen LogP contribution is -2.67. The van der Waals surface area contributed by atoms with Gasteiger partial charge in [0, 0.05) is 38.0 Å². The van der Waals surface area contributed by atoms with Crippen molar-refractivity contribution in [1.82, 2.24) is 9.80 Å². The maximum atomic E-state index is 13.2. The van der Waals surface area contributed by atoms with Crippen molar-refractivity contribution in [3.8, 4) is 5.75 Å². The number of phenols is 1. The summed E-state index contributed by atoms with van der Waals surface area (Å²) in [6.07, 6.45) is 9.49. The second-order valence-electron chi connectivity index (χ2n) is 10.9. The first-order valence-electron chi connectivity index (χ1n) is 13.5. The third-order valence-corrected chi connectivity index (χ3v) is 8.63. The number of aromatic hydroxyl groups is 1. The third-order valence-electron chi connectivity index (χ3n) is 8.63. The van der Waals surface area contributed by atoms with Crippen LogP contribution in [-0.2, 0) is 16.6 Å². The quantitative estimate of drug-likeness (QED) is 0.361. The zero-order valence-corrected chi connectivity index (χ0v) is 21.7. The minimum Gasteiger partial charge on any atom is -0.508 e. The number of rotatable bonds is 10. The predicted molar refractivity (Wildman–Crippen MR) is 145 cm³/mol. The molecular formula is C31H42N2O3. The number of hydrogen-bond acceptors (Lipinski definition) is 4. The Hall–Kier alpha value is -2.63. The monoisotopic (exact) mass is 490 g/mol. The van der Waals surface area contributed by atoms with Gasteiger partial charge in [0.2, 0.25) is 5.91 Å². The molecule has 2 N–H and O–H groups in total. The summed E-state index contributed by atoms with van der Waals surface area (Å²) >= 11 is 0. The number of carbonyl (C=O) groups excluding carboxylic acids is 1. The molecule has 3 atom stereocenters. The molecule has 2 aliphatic rings. The van der Waals surface area contributed by atoms with E-state index in [-0.39, 0.29) is 17.7 Å². The largest absolute Gasteiger partial charge is 0.508 e. The summed E-state index contributed by atoms with van der Waals surface area (Å²) in [4.78, 5) is 17.4. The van der Waals surface area contributed by atoms with E-state index in [0.717, 1.165) is 57.2 Å². The Labute approximate surface area is 216 Å². The second-order valence-corrected chi connectivity index (χ2v) is 10.9. The first-order valence-corrected chi connectivity index (χ1v) is 13.5. The first kappa shape index (κ1) is 26.4. The van der Waals surface area contributed by atoms with E-state index < -0.39 is 11.0 Å². The summed E-state index contributed by atoms with van der Waals surface area (Å²) < 4.78 is 0. The van der Waals surface area contributed by atoms with Gasteiger partial charge in [0.1, 0.15) is 5.75 Å². The molecule has 2 fully saturated rings. The number of fused-ring (bicyclic) bond motifs is 1. The molecule has 194 valence electrons. The molecule has 0 radical (unpaired) electrons. The highest BCUT2D eigenvalue weighted by atomic mass is 16.3. The van der Waals surface area contributed by atoms with E-state index in [1.54, 1.807) is 6.07 Å². The number of hydrogen-bond donors (Lipinski definition) is 2. The molecular weight excluding hydrogens is 448 g/mol. The number of likely N-dealkylation sites (tertiary alicyclic amines) is 1. The lowest BCUT2D eigenvalue weighted by atomic mass is 9.55. The lowest BCUT2D eigenvalue weighted by molar-refractivity contribution is -0.147. The topological polar surface area (TPSA) is 64.0 Å². The summed E-state index contributed by atoms with van der Waals surface area (Å²) in [5.41, 5.74) is 0.943. The Morgan fingerprint density at radius 1 is 1.14 bits per heavy atom. The Bertz CT molecular complexity index is 1030. The Morgan fingerprint density at radius 2 is 1.94 bits per heavy atom. The fourth-order valence-electron chi connectivity index (χ4n) is 6.51. The van der Waals surface area contributed by atoms with Crippen LogP contribution in [0.1, 0.15) is 62.5 Å². The van der Waals surface area contributed by atoms with Crippen LogP contribution in [0.2, 0.25) is 0 Å². The number of β-amino-alcohol motifs (C(OH)–C–C–N with tert-alkyl or cyclic N) is 1. The van der Waals surface area contributed by atoms with Crippen LogP contribution in [0.5, 0.6) is 5.75 Å². The number of phenolic OH excluding ortho intramolecular Hbond substituents is 1. The van der Waals surface area contributed by atoms with Gasteiger partial charge >= 0.3 is 0 Å². The molecule has 1 saturated carbocycles. The summed E-state index contributed by atoms with van der Waals surface area (Å²) in [6, 6.07) is 18.0. The van der Waals surface area contributed by atoms with E-state index in [9.17, 15) is 15.0 Å². The van der Waals surface area contributed by atoms with Crippen LogP contribution in [0.4, 0.5) is 0 Å². The molecule has 1 heterocycles. The van der Waals surface area contributed by atoms with E-state index in [4.69, 9.17) is 0 Å². The summed E-state index contributed by atoms with van der Waals surface area (Å²) in [5.74, 6) is 0.417. The number of piperidine rings is 1. The van der Waals surface area contributed by atoms with Crippen LogP contribution >= 0.6 is 0 Å². The number of aryl methyl sites for hydroxylation is 1. The molecule has 0 bridgehead atoms. The fourth-order valence-corrected chi connectivity index (χ4v) is 6.51. The number of aliphatic hydroxyl groups is 1. The molecule has 1 amide bonds. The average molecular weight is 491 g/mol. The van der Waals surface area contributed by atoms with Crippen molar-refractivity contribution in [3.63, 3.8) is 0 Å². The SMILES string of the molecule is C=CCN1CC[C@@]2(c3cccc(O)c3)C[C@@H](N(C)C(=O)CCCCCc3ccccc3)CC[C@]2(O)C1. The first-order chi connectivity index (χ1) is 17.4. The van der Waals surface area contributed by atoms with Gasteiger partial charge in [-0.25, -0.2) is 0 Å². The Balaban J connectivity index is 1.41. The number of nitrogens with zero attached hydrogens (tertiary/aromatic N) is 2. The van der Waals surface area contributed by atoms with E-state index in [0.29, 0.717) is 25.8 Å². The summed E-state index contributed by atoms with van der Waals surface area (Å²) in [7, 11) is 1.93. The maximum absolute atomic E-state index is 13.2. The molecule has 0 unspecified atom stereocenters. The smallest absolute Gasteiger partial charge is 0.222 e. The molecule has 4 rings (SSSR count). The van der Waals surface area contributed by atoms with Crippen LogP contribution in [0, 0.1) is 0 Å². The molecule has 2 aromatic carbocycles. The van der Waals surface area contributed by atoms with Crippen molar-refractivity contribution in [2.24, 2.45) is 0 Å². The molecule has 1 saturated heterocycles. The molecule has 0 aromatic heterocycles.